The number of carbonyl (C=O) groups is 2. The number of nitrogens with one attached hydrogen (secondary N) is 4. The number of aromatic nitrogens is 4. The molecule has 5 aromatic carbocycles. The number of nitriles is 1. The molecular formula is C53H50BrN9O8. The molecule has 0 spiro atoms. The zero-order chi connectivity index (χ0) is 50.0. The first-order chi connectivity index (χ1) is 34.5. The van der Waals surface area contributed by atoms with Gasteiger partial charge < -0.3 is 39.6 Å². The summed E-state index contributed by atoms with van der Waals surface area (Å²) in [5, 5.41) is 22.6. The van der Waals surface area contributed by atoms with Gasteiger partial charge >= 0.3 is 11.4 Å². The summed E-state index contributed by atoms with van der Waals surface area (Å²) >= 11 is 3.50. The zero-order valence-electron chi connectivity index (χ0n) is 39.4. The van der Waals surface area contributed by atoms with Gasteiger partial charge in [0, 0.05) is 52.0 Å². The lowest BCUT2D eigenvalue weighted by Crippen LogP contribution is -2.27. The molecule has 4 N–H and O–H groups in total. The van der Waals surface area contributed by atoms with Crippen LogP contribution >= 0.6 is 15.9 Å². The summed E-state index contributed by atoms with van der Waals surface area (Å²) in [6, 6.07) is 35.3. The first-order valence-electron chi connectivity index (χ1n) is 22.8. The van der Waals surface area contributed by atoms with Crippen LogP contribution in [-0.2, 0) is 32.2 Å². The standard InChI is InChI=1S/C30H27N5O4.C23H23BrN4O4/c1-3-32-18-26(36)33-23-10-7-20(8-11-23)27-29-28(35(13-14-38-2)30(37)34-27)24-16-22(9-12-25(24)39-29)21-6-4-5-19(15-21)17-31;1-3-25-13-19(29)26-16-7-4-14(5-8-16)20-22-21(28(10-11-31-2)23(30)27-20)17-12-15(24)6-9-18(17)32-22/h4-12,15-16,32H,3,13-14,18H2,1-2H3,(H,33,36);4-9,12,25H,3,10-11,13H2,1-2H3,(H,26,29). The van der Waals surface area contributed by atoms with Crippen molar-refractivity contribution in [2.24, 2.45) is 0 Å². The van der Waals surface area contributed by atoms with E-state index >= 15 is 0 Å². The number of methoxy groups -OCH3 is 2. The highest BCUT2D eigenvalue weighted by Crippen LogP contribution is 2.38. The van der Waals surface area contributed by atoms with Gasteiger partial charge in [-0.1, -0.05) is 72.2 Å². The third-order valence-corrected chi connectivity index (χ3v) is 11.9. The number of amides is 2. The van der Waals surface area contributed by atoms with Crippen LogP contribution in [0.15, 0.2) is 132 Å². The predicted octanol–water partition coefficient (Wildman–Crippen LogP) is 8.31. The van der Waals surface area contributed by atoms with Crippen molar-refractivity contribution in [3.05, 3.63) is 140 Å². The SMILES string of the molecule is CCNCC(=O)Nc1ccc(-c2nc(=O)n(CCOC)c3c2oc2ccc(-c4cccc(C#N)c4)cc23)cc1.CCNCC(=O)Nc1ccc(-c2nc(=O)n(CCOC)c3c2oc2ccc(Br)cc23)cc1. The molecule has 0 aliphatic heterocycles. The molecule has 4 heterocycles. The number of likely N-dealkylation sites (N-methyl/N-ethyl adjacent to an activating group) is 2. The van der Waals surface area contributed by atoms with Crippen LogP contribution in [0.5, 0.6) is 0 Å². The number of fused-ring (bicyclic) bond motifs is 6. The Morgan fingerprint density at radius 2 is 1.10 bits per heavy atom. The zero-order valence-corrected chi connectivity index (χ0v) is 41.0. The largest absolute Gasteiger partial charge is 0.452 e. The molecule has 0 atom stereocenters. The number of hydrogen-bond acceptors (Lipinski definition) is 13. The number of nitrogens with zero attached hydrogens (tertiary/aromatic N) is 5. The van der Waals surface area contributed by atoms with Crippen LogP contribution in [0.25, 0.3) is 77.8 Å². The number of anilines is 2. The average Bonchev–Trinajstić information content (AvgIpc) is 3.96. The topological polar surface area (TPSA) is 221 Å². The second-order valence-electron chi connectivity index (χ2n) is 16.2. The van der Waals surface area contributed by atoms with Gasteiger partial charge in [-0.05, 0) is 90.9 Å². The quantitative estimate of drug-likeness (QED) is 0.0675. The number of carbonyl (C=O) groups excluding carboxylic acids is 2. The van der Waals surface area contributed by atoms with Crippen LogP contribution in [-0.4, -0.2) is 84.5 Å². The van der Waals surface area contributed by atoms with Crippen LogP contribution in [0, 0.1) is 11.3 Å². The highest BCUT2D eigenvalue weighted by atomic mass is 79.9. The smallest absolute Gasteiger partial charge is 0.348 e. The molecule has 0 aliphatic carbocycles. The summed E-state index contributed by atoms with van der Waals surface area (Å²) in [5.41, 5.74) is 8.69. The lowest BCUT2D eigenvalue weighted by Gasteiger charge is -2.10. The van der Waals surface area contributed by atoms with E-state index in [0.717, 1.165) is 32.9 Å². The Morgan fingerprint density at radius 1 is 0.634 bits per heavy atom. The van der Waals surface area contributed by atoms with Gasteiger partial charge in [-0.2, -0.15) is 15.2 Å². The van der Waals surface area contributed by atoms with Gasteiger partial charge in [-0.15, -0.1) is 0 Å². The minimum absolute atomic E-state index is 0.122. The van der Waals surface area contributed by atoms with E-state index in [1.807, 2.05) is 80.6 Å². The molecule has 0 fully saturated rings. The molecule has 0 saturated heterocycles. The minimum atomic E-state index is -0.419. The van der Waals surface area contributed by atoms with Crippen LogP contribution in [0.2, 0.25) is 0 Å². The van der Waals surface area contributed by atoms with Crippen molar-refractivity contribution < 1.29 is 27.9 Å². The maximum atomic E-state index is 13.3. The van der Waals surface area contributed by atoms with Gasteiger partial charge in [0.05, 0.1) is 51.0 Å². The molecule has 9 aromatic rings. The summed E-state index contributed by atoms with van der Waals surface area (Å²) < 4.78 is 26.9. The molecular weight excluding hydrogens is 971 g/mol. The first kappa shape index (κ1) is 49.6. The molecule has 17 nitrogen and oxygen atoms in total. The molecule has 2 amide bonds. The Hall–Kier alpha value is -7.79. The van der Waals surface area contributed by atoms with E-state index in [-0.39, 0.29) is 30.6 Å². The molecule has 0 bridgehead atoms. The fourth-order valence-corrected chi connectivity index (χ4v) is 8.39. The van der Waals surface area contributed by atoms with Crippen molar-refractivity contribution in [3.8, 4) is 39.7 Å². The predicted molar refractivity (Wildman–Crippen MR) is 278 cm³/mol. The van der Waals surface area contributed by atoms with E-state index in [1.165, 1.54) is 0 Å². The molecule has 362 valence electrons. The van der Waals surface area contributed by atoms with Gasteiger partial charge in [0.25, 0.3) is 0 Å². The first-order valence-corrected chi connectivity index (χ1v) is 23.6. The normalized spacial score (nSPS) is 11.2. The van der Waals surface area contributed by atoms with Crippen molar-refractivity contribution >= 4 is 83.3 Å². The molecule has 0 saturated carbocycles. The molecule has 0 aliphatic rings. The van der Waals surface area contributed by atoms with E-state index in [0.29, 0.717) is 106 Å². The second-order valence-corrected chi connectivity index (χ2v) is 17.1. The van der Waals surface area contributed by atoms with Gasteiger partial charge in [-0.3, -0.25) is 18.7 Å². The average molecular weight is 1020 g/mol. The minimum Gasteiger partial charge on any atom is -0.452 e. The fraction of sp³-hybridized carbons (Fsp3) is 0.226. The maximum Gasteiger partial charge on any atom is 0.348 e. The van der Waals surface area contributed by atoms with Crippen LogP contribution in [0.4, 0.5) is 11.4 Å². The summed E-state index contributed by atoms with van der Waals surface area (Å²) in [7, 11) is 3.17. The molecule has 18 heteroatoms. The van der Waals surface area contributed by atoms with Gasteiger partial charge in [-0.25, -0.2) is 9.59 Å². The van der Waals surface area contributed by atoms with Crippen molar-refractivity contribution in [2.75, 3.05) is 64.2 Å². The molecule has 0 radical (unpaired) electrons. The van der Waals surface area contributed by atoms with Gasteiger partial charge in [0.1, 0.15) is 33.6 Å². The van der Waals surface area contributed by atoms with Crippen molar-refractivity contribution in [3.63, 3.8) is 0 Å². The molecule has 9 rings (SSSR count). The number of furan rings is 2. The molecule has 4 aromatic heterocycles. The third kappa shape index (κ3) is 11.2. The van der Waals surface area contributed by atoms with E-state index < -0.39 is 5.69 Å². The highest BCUT2D eigenvalue weighted by Gasteiger charge is 2.22. The maximum absolute atomic E-state index is 13.3. The number of hydrogen-bond donors (Lipinski definition) is 4. The fourth-order valence-electron chi connectivity index (χ4n) is 8.03. The van der Waals surface area contributed by atoms with Crippen molar-refractivity contribution in [1.29, 1.82) is 5.26 Å². The summed E-state index contributed by atoms with van der Waals surface area (Å²) in [4.78, 5) is 58.9. The summed E-state index contributed by atoms with van der Waals surface area (Å²) in [5.74, 6) is -0.261. The Balaban J connectivity index is 0.000000194. The summed E-state index contributed by atoms with van der Waals surface area (Å²) in [6.45, 7) is 7.13. The number of rotatable bonds is 17. The molecule has 71 heavy (non-hydrogen) atoms. The Bertz CT molecular complexity index is 3560. The Labute approximate surface area is 415 Å². The van der Waals surface area contributed by atoms with E-state index in [9.17, 15) is 24.4 Å². The van der Waals surface area contributed by atoms with Crippen molar-refractivity contribution in [1.82, 2.24) is 29.7 Å². The van der Waals surface area contributed by atoms with Crippen LogP contribution in [0.1, 0.15) is 19.4 Å². The van der Waals surface area contributed by atoms with Gasteiger partial charge in [0.15, 0.2) is 11.2 Å². The lowest BCUT2D eigenvalue weighted by atomic mass is 10.0. The Kier molecular flexibility index (Phi) is 15.9. The lowest BCUT2D eigenvalue weighted by molar-refractivity contribution is -0.116. The van der Waals surface area contributed by atoms with E-state index in [1.54, 1.807) is 65.8 Å². The number of benzene rings is 5. The second kappa shape index (κ2) is 22.8. The van der Waals surface area contributed by atoms with Crippen molar-refractivity contribution in [2.45, 2.75) is 26.9 Å². The Morgan fingerprint density at radius 3 is 1.58 bits per heavy atom. The molecule has 0 unspecified atom stereocenters. The highest BCUT2D eigenvalue weighted by molar-refractivity contribution is 9.10. The monoisotopic (exact) mass is 1020 g/mol. The number of ether oxygens (including phenoxy) is 2. The van der Waals surface area contributed by atoms with E-state index in [2.05, 4.69) is 53.2 Å². The van der Waals surface area contributed by atoms with E-state index in [4.69, 9.17) is 18.3 Å². The third-order valence-electron chi connectivity index (χ3n) is 11.5. The van der Waals surface area contributed by atoms with Crippen LogP contribution in [0.3, 0.4) is 0 Å². The van der Waals surface area contributed by atoms with Gasteiger partial charge in [0.2, 0.25) is 11.8 Å². The summed E-state index contributed by atoms with van der Waals surface area (Å²) in [6.07, 6.45) is 0. The van der Waals surface area contributed by atoms with Crippen LogP contribution < -0.4 is 32.6 Å². The number of halogens is 1.